The molecule has 0 spiro atoms. The van der Waals surface area contributed by atoms with Gasteiger partial charge in [-0.05, 0) is 48.7 Å². The quantitative estimate of drug-likeness (QED) is 0.720. The Kier molecular flexibility index (Phi) is 5.57. The molecular weight excluding hydrogens is 424 g/mol. The molecule has 2 aromatic rings. The van der Waals surface area contributed by atoms with Gasteiger partial charge in [-0.25, -0.2) is 0 Å². The van der Waals surface area contributed by atoms with Crippen LogP contribution in [-0.2, 0) is 4.79 Å². The molecule has 7 heteroatoms. The lowest BCUT2D eigenvalue weighted by Gasteiger charge is -2.26. The highest BCUT2D eigenvalue weighted by atomic mass is 35.5. The fourth-order valence-corrected chi connectivity index (χ4v) is 4.85. The fraction of sp³-hybridized carbons (Fsp3) is 0.320. The minimum Gasteiger partial charge on any atom is -0.486 e. The lowest BCUT2D eigenvalue weighted by Crippen LogP contribution is -2.37. The monoisotopic (exact) mass is 450 g/mol. The first-order valence-corrected chi connectivity index (χ1v) is 11.4. The van der Waals surface area contributed by atoms with Crippen molar-refractivity contribution in [3.8, 4) is 5.75 Å². The largest absolute Gasteiger partial charge is 0.486 e. The van der Waals surface area contributed by atoms with E-state index in [1.165, 1.54) is 16.7 Å². The van der Waals surface area contributed by atoms with Crippen molar-refractivity contribution < 1.29 is 9.53 Å². The molecule has 0 radical (unpaired) electrons. The second kappa shape index (κ2) is 8.52. The fourth-order valence-electron chi connectivity index (χ4n) is 4.67. The van der Waals surface area contributed by atoms with Crippen molar-refractivity contribution in [2.75, 3.05) is 19.6 Å². The topological polar surface area (TPSA) is 56.8 Å². The molecule has 0 aromatic heterocycles. The summed E-state index contributed by atoms with van der Waals surface area (Å²) in [4.78, 5) is 13.6. The molecule has 5 rings (SSSR count). The number of amides is 1. The number of nitrogens with zero attached hydrogens (tertiary/aromatic N) is 2. The molecular formula is C25H27ClN4O2. The highest BCUT2D eigenvalue weighted by Crippen LogP contribution is 2.39. The molecule has 3 heterocycles. The van der Waals surface area contributed by atoms with Crippen LogP contribution < -0.4 is 15.7 Å². The third kappa shape index (κ3) is 3.96. The number of hydrogen-bond donors (Lipinski definition) is 2. The third-order valence-electron chi connectivity index (χ3n) is 6.37. The van der Waals surface area contributed by atoms with Crippen LogP contribution in [0, 0.1) is 0 Å². The molecule has 32 heavy (non-hydrogen) atoms. The number of hydrogen-bond acceptors (Lipinski definition) is 5. The number of halogens is 1. The molecule has 3 aliphatic rings. The second-order valence-corrected chi connectivity index (χ2v) is 8.90. The Morgan fingerprint density at radius 3 is 2.81 bits per heavy atom. The van der Waals surface area contributed by atoms with Crippen LogP contribution in [-0.4, -0.2) is 35.5 Å². The van der Waals surface area contributed by atoms with Gasteiger partial charge in [0.05, 0.1) is 11.4 Å². The van der Waals surface area contributed by atoms with Gasteiger partial charge in [0.2, 0.25) is 5.91 Å². The van der Waals surface area contributed by atoms with E-state index >= 15 is 0 Å². The predicted molar refractivity (Wildman–Crippen MR) is 126 cm³/mol. The number of ether oxygens (including phenoxy) is 1. The van der Waals surface area contributed by atoms with Crippen molar-refractivity contribution in [1.29, 1.82) is 0 Å². The molecule has 166 valence electrons. The van der Waals surface area contributed by atoms with Crippen LogP contribution in [0.2, 0.25) is 5.02 Å². The van der Waals surface area contributed by atoms with Gasteiger partial charge in [-0.2, -0.15) is 0 Å². The second-order valence-electron chi connectivity index (χ2n) is 8.46. The zero-order valence-corrected chi connectivity index (χ0v) is 19.1. The summed E-state index contributed by atoms with van der Waals surface area (Å²) in [5.41, 5.74) is 13.6. The van der Waals surface area contributed by atoms with Gasteiger partial charge in [0.25, 0.3) is 0 Å². The standard InChI is InChI=1S/C25H27ClN4O2/c1-16-25-22-7-6-19(18-8-11-29(12-9-18)17(2)31)14-23(22)24(10-13-30(25)28-27-16)32-21-5-3-4-20(26)15-21/h3-8,14-15,24,27-28H,9-13H2,1-2H3. The lowest BCUT2D eigenvalue weighted by molar-refractivity contribution is -0.128. The maximum Gasteiger partial charge on any atom is 0.219 e. The Balaban J connectivity index is 1.54. The molecule has 1 amide bonds. The predicted octanol–water partition coefficient (Wildman–Crippen LogP) is 4.51. The minimum absolute atomic E-state index is 0.103. The van der Waals surface area contributed by atoms with Gasteiger partial charge in [-0.1, -0.05) is 35.9 Å². The highest BCUT2D eigenvalue weighted by molar-refractivity contribution is 6.30. The van der Waals surface area contributed by atoms with E-state index in [1.807, 2.05) is 29.2 Å². The van der Waals surface area contributed by atoms with Crippen molar-refractivity contribution in [3.63, 3.8) is 0 Å². The van der Waals surface area contributed by atoms with Crippen LogP contribution in [0.25, 0.3) is 11.3 Å². The molecule has 1 atom stereocenters. The number of carbonyl (C=O) groups excluding carboxylic acids is 1. The van der Waals surface area contributed by atoms with E-state index in [9.17, 15) is 4.79 Å². The number of benzene rings is 2. The van der Waals surface area contributed by atoms with E-state index in [0.717, 1.165) is 48.6 Å². The summed E-state index contributed by atoms with van der Waals surface area (Å²) in [7, 11) is 0. The van der Waals surface area contributed by atoms with Crippen LogP contribution in [0.1, 0.15) is 49.5 Å². The zero-order chi connectivity index (χ0) is 22.2. The SMILES string of the molecule is CC(=O)N1CC=C(c2ccc3c(c2)C(Oc2cccc(Cl)c2)CCN2NNC(C)=C32)CC1. The van der Waals surface area contributed by atoms with Gasteiger partial charge in [-0.15, -0.1) is 5.53 Å². The van der Waals surface area contributed by atoms with Gasteiger partial charge in [0.1, 0.15) is 11.9 Å². The van der Waals surface area contributed by atoms with E-state index in [1.54, 1.807) is 6.92 Å². The number of allylic oxidation sites excluding steroid dienone is 1. The number of rotatable bonds is 3. The first-order chi connectivity index (χ1) is 15.5. The Morgan fingerprint density at radius 2 is 2.06 bits per heavy atom. The zero-order valence-electron chi connectivity index (χ0n) is 18.3. The number of carbonyl (C=O) groups is 1. The minimum atomic E-state index is -0.103. The summed E-state index contributed by atoms with van der Waals surface area (Å²) >= 11 is 6.20. The van der Waals surface area contributed by atoms with Crippen LogP contribution in [0.4, 0.5) is 0 Å². The van der Waals surface area contributed by atoms with E-state index in [2.05, 4.69) is 47.2 Å². The summed E-state index contributed by atoms with van der Waals surface area (Å²) in [5.74, 6) is 0.896. The van der Waals surface area contributed by atoms with Crippen molar-refractivity contribution in [1.82, 2.24) is 20.9 Å². The van der Waals surface area contributed by atoms with Gasteiger partial charge in [0.15, 0.2) is 0 Å². The lowest BCUT2D eigenvalue weighted by atomic mass is 9.91. The van der Waals surface area contributed by atoms with Crippen LogP contribution >= 0.6 is 11.6 Å². The smallest absolute Gasteiger partial charge is 0.219 e. The van der Waals surface area contributed by atoms with Crippen molar-refractivity contribution in [3.05, 3.63) is 76.0 Å². The summed E-state index contributed by atoms with van der Waals surface area (Å²) in [6.07, 6.45) is 3.75. The molecule has 0 aliphatic carbocycles. The normalized spacial score (nSPS) is 20.2. The van der Waals surface area contributed by atoms with Crippen molar-refractivity contribution >= 4 is 28.8 Å². The van der Waals surface area contributed by atoms with Crippen LogP contribution in [0.15, 0.2) is 54.2 Å². The third-order valence-corrected chi connectivity index (χ3v) is 6.61. The number of fused-ring (bicyclic) bond motifs is 3. The molecule has 0 fully saturated rings. The molecule has 6 nitrogen and oxygen atoms in total. The maximum absolute atomic E-state index is 11.7. The maximum atomic E-state index is 11.7. The summed E-state index contributed by atoms with van der Waals surface area (Å²) < 4.78 is 6.48. The number of hydrazine groups is 2. The molecule has 0 saturated heterocycles. The summed E-state index contributed by atoms with van der Waals surface area (Å²) in [6, 6.07) is 14.2. The van der Waals surface area contributed by atoms with Crippen molar-refractivity contribution in [2.24, 2.45) is 0 Å². The van der Waals surface area contributed by atoms with Gasteiger partial charge >= 0.3 is 0 Å². The van der Waals surface area contributed by atoms with E-state index in [4.69, 9.17) is 16.3 Å². The van der Waals surface area contributed by atoms with Gasteiger partial charge in [-0.3, -0.25) is 9.80 Å². The van der Waals surface area contributed by atoms with E-state index in [0.29, 0.717) is 11.6 Å². The average Bonchev–Trinajstić information content (AvgIpc) is 3.08. The Morgan fingerprint density at radius 1 is 1.19 bits per heavy atom. The summed E-state index contributed by atoms with van der Waals surface area (Å²) in [6.45, 7) is 5.94. The first-order valence-electron chi connectivity index (χ1n) is 11.0. The van der Waals surface area contributed by atoms with Crippen molar-refractivity contribution in [2.45, 2.75) is 32.8 Å². The van der Waals surface area contributed by atoms with E-state index in [-0.39, 0.29) is 12.0 Å². The molecule has 1 unspecified atom stereocenters. The molecule has 0 bridgehead atoms. The Bertz CT molecular complexity index is 1130. The molecule has 2 aromatic carbocycles. The van der Waals surface area contributed by atoms with E-state index < -0.39 is 0 Å². The molecule has 2 N–H and O–H groups in total. The Labute approximate surface area is 193 Å². The average molecular weight is 451 g/mol. The summed E-state index contributed by atoms with van der Waals surface area (Å²) in [5, 5.41) is 2.82. The number of nitrogens with one attached hydrogen (secondary N) is 2. The molecule has 0 saturated carbocycles. The van der Waals surface area contributed by atoms with Crippen LogP contribution in [0.3, 0.4) is 0 Å². The van der Waals surface area contributed by atoms with Gasteiger partial charge < -0.3 is 15.1 Å². The van der Waals surface area contributed by atoms with Crippen LogP contribution in [0.5, 0.6) is 5.75 Å². The Hall–Kier alpha value is -2.96. The highest BCUT2D eigenvalue weighted by Gasteiger charge is 2.31. The first kappa shape index (κ1) is 20.9. The molecule has 3 aliphatic heterocycles. The van der Waals surface area contributed by atoms with Gasteiger partial charge in [0, 0.05) is 49.1 Å².